The zero-order valence-electron chi connectivity index (χ0n) is 12.5. The van der Waals surface area contributed by atoms with E-state index < -0.39 is 0 Å². The lowest BCUT2D eigenvalue weighted by atomic mass is 9.98. The molecule has 3 nitrogen and oxygen atoms in total. The Morgan fingerprint density at radius 2 is 1.95 bits per heavy atom. The average Bonchev–Trinajstić information content (AvgIpc) is 2.92. The van der Waals surface area contributed by atoms with E-state index in [1.807, 2.05) is 18.2 Å². The van der Waals surface area contributed by atoms with Crippen LogP contribution in [0.15, 0.2) is 42.5 Å². The minimum Gasteiger partial charge on any atom is -0.398 e. The molecule has 4 heteroatoms. The van der Waals surface area contributed by atoms with Crippen molar-refractivity contribution in [2.75, 3.05) is 5.73 Å². The van der Waals surface area contributed by atoms with E-state index >= 15 is 0 Å². The van der Waals surface area contributed by atoms with Crippen LogP contribution in [0.25, 0.3) is 20.5 Å². The zero-order chi connectivity index (χ0) is 15.7. The minimum absolute atomic E-state index is 0.0258. The van der Waals surface area contributed by atoms with Crippen LogP contribution in [0.4, 0.5) is 5.69 Å². The predicted molar refractivity (Wildman–Crippen MR) is 96.7 cm³/mol. The van der Waals surface area contributed by atoms with E-state index in [1.165, 1.54) is 15.6 Å². The van der Waals surface area contributed by atoms with Gasteiger partial charge in [0.1, 0.15) is 5.84 Å². The van der Waals surface area contributed by atoms with Gasteiger partial charge in [0.05, 0.1) is 5.69 Å². The van der Waals surface area contributed by atoms with Gasteiger partial charge < -0.3 is 11.5 Å². The first-order chi connectivity index (χ1) is 10.6. The van der Waals surface area contributed by atoms with Crippen molar-refractivity contribution in [3.63, 3.8) is 0 Å². The fourth-order valence-corrected chi connectivity index (χ4v) is 3.78. The lowest BCUT2D eigenvalue weighted by Gasteiger charge is -2.12. The van der Waals surface area contributed by atoms with Crippen LogP contribution in [0.5, 0.6) is 0 Å². The van der Waals surface area contributed by atoms with E-state index in [0.717, 1.165) is 23.3 Å². The molecule has 0 fully saturated rings. The second-order valence-corrected chi connectivity index (χ2v) is 6.50. The molecule has 1 aromatic heterocycles. The number of fused-ring (bicyclic) bond motifs is 1. The molecule has 22 heavy (non-hydrogen) atoms. The number of aryl methyl sites for hydroxylation is 1. The largest absolute Gasteiger partial charge is 0.398 e. The molecule has 0 aliphatic rings. The van der Waals surface area contributed by atoms with Crippen molar-refractivity contribution >= 4 is 32.9 Å². The summed E-state index contributed by atoms with van der Waals surface area (Å²) in [5.74, 6) is 0.0258. The number of hydrogen-bond donors (Lipinski definition) is 3. The molecule has 5 N–H and O–H groups in total. The molecule has 0 radical (unpaired) electrons. The molecule has 3 aromatic rings. The summed E-state index contributed by atoms with van der Waals surface area (Å²) in [6.07, 6.45) is 2.01. The van der Waals surface area contributed by atoms with Crippen molar-refractivity contribution in [2.45, 2.75) is 19.8 Å². The highest BCUT2D eigenvalue weighted by molar-refractivity contribution is 7.22. The second kappa shape index (κ2) is 5.81. The van der Waals surface area contributed by atoms with Crippen LogP contribution in [0.1, 0.15) is 24.5 Å². The highest BCUT2D eigenvalue weighted by Crippen LogP contribution is 2.38. The van der Waals surface area contributed by atoms with E-state index in [-0.39, 0.29) is 5.84 Å². The quantitative estimate of drug-likeness (QED) is 0.380. The number of nitrogen functional groups attached to an aromatic ring is 2. The van der Waals surface area contributed by atoms with Gasteiger partial charge in [-0.15, -0.1) is 11.3 Å². The van der Waals surface area contributed by atoms with Gasteiger partial charge in [0.15, 0.2) is 0 Å². The van der Waals surface area contributed by atoms with Gasteiger partial charge in [0.25, 0.3) is 0 Å². The van der Waals surface area contributed by atoms with Gasteiger partial charge in [-0.1, -0.05) is 31.5 Å². The summed E-state index contributed by atoms with van der Waals surface area (Å²) in [6, 6.07) is 14.5. The Labute approximate surface area is 134 Å². The van der Waals surface area contributed by atoms with Gasteiger partial charge in [0.2, 0.25) is 0 Å². The van der Waals surface area contributed by atoms with Crippen LogP contribution in [-0.4, -0.2) is 5.84 Å². The number of thiophene rings is 1. The van der Waals surface area contributed by atoms with Crippen LogP contribution >= 0.6 is 11.3 Å². The van der Waals surface area contributed by atoms with Gasteiger partial charge in [-0.05, 0) is 41.6 Å². The Morgan fingerprint density at radius 1 is 1.18 bits per heavy atom. The first kappa shape index (κ1) is 14.6. The molecule has 0 saturated heterocycles. The highest BCUT2D eigenvalue weighted by Gasteiger charge is 2.14. The van der Waals surface area contributed by atoms with Crippen LogP contribution < -0.4 is 11.5 Å². The predicted octanol–water partition coefficient (Wildman–Crippen LogP) is 4.39. The third kappa shape index (κ3) is 2.57. The van der Waals surface area contributed by atoms with Gasteiger partial charge in [0, 0.05) is 20.7 Å². The molecule has 3 rings (SSSR count). The van der Waals surface area contributed by atoms with Crippen molar-refractivity contribution in [1.29, 1.82) is 5.41 Å². The maximum Gasteiger partial charge on any atom is 0.124 e. The lowest BCUT2D eigenvalue weighted by Crippen LogP contribution is -2.14. The summed E-state index contributed by atoms with van der Waals surface area (Å²) in [7, 11) is 0. The monoisotopic (exact) mass is 309 g/mol. The first-order valence-electron chi connectivity index (χ1n) is 7.36. The number of nitrogens with two attached hydrogens (primary N) is 2. The lowest BCUT2D eigenvalue weighted by molar-refractivity contribution is 0.922. The number of hydrogen-bond acceptors (Lipinski definition) is 3. The van der Waals surface area contributed by atoms with Crippen LogP contribution in [0.2, 0.25) is 0 Å². The van der Waals surface area contributed by atoms with Crippen LogP contribution in [-0.2, 0) is 6.42 Å². The number of rotatable bonds is 4. The molecule has 0 saturated carbocycles. The Hall–Kier alpha value is -2.33. The van der Waals surface area contributed by atoms with Crippen molar-refractivity contribution in [3.05, 3.63) is 53.6 Å². The fourth-order valence-electron chi connectivity index (χ4n) is 2.69. The molecule has 2 aromatic carbocycles. The van der Waals surface area contributed by atoms with Gasteiger partial charge >= 0.3 is 0 Å². The normalized spacial score (nSPS) is 11.0. The standard InChI is InChI=1S/C18H19N3S/c1-2-5-11-8-13(17(19)14(9-11)18(20)21)16-10-12-6-3-4-7-15(12)22-16/h3-4,6-10H,2,5,19H2,1H3,(H3,20,21). The molecular formula is C18H19N3S. The summed E-state index contributed by atoms with van der Waals surface area (Å²) in [4.78, 5) is 1.12. The van der Waals surface area contributed by atoms with Crippen molar-refractivity contribution in [1.82, 2.24) is 0 Å². The molecule has 112 valence electrons. The zero-order valence-corrected chi connectivity index (χ0v) is 13.3. The summed E-state index contributed by atoms with van der Waals surface area (Å²) in [6.45, 7) is 2.14. The summed E-state index contributed by atoms with van der Waals surface area (Å²) >= 11 is 1.72. The van der Waals surface area contributed by atoms with E-state index in [9.17, 15) is 0 Å². The van der Waals surface area contributed by atoms with Crippen molar-refractivity contribution in [3.8, 4) is 10.4 Å². The molecule has 0 unspecified atom stereocenters. The van der Waals surface area contributed by atoms with Gasteiger partial charge in [-0.25, -0.2) is 0 Å². The smallest absolute Gasteiger partial charge is 0.124 e. The summed E-state index contributed by atoms with van der Waals surface area (Å²) < 4.78 is 1.24. The van der Waals surface area contributed by atoms with Crippen molar-refractivity contribution < 1.29 is 0 Å². The van der Waals surface area contributed by atoms with E-state index in [1.54, 1.807) is 11.3 Å². The van der Waals surface area contributed by atoms with E-state index in [0.29, 0.717) is 11.3 Å². The molecule has 0 spiro atoms. The number of amidine groups is 1. The van der Waals surface area contributed by atoms with Gasteiger partial charge in [-0.3, -0.25) is 5.41 Å². The fraction of sp³-hybridized carbons (Fsp3) is 0.167. The third-order valence-electron chi connectivity index (χ3n) is 3.76. The van der Waals surface area contributed by atoms with Crippen LogP contribution in [0, 0.1) is 5.41 Å². The molecule has 0 atom stereocenters. The van der Waals surface area contributed by atoms with E-state index in [2.05, 4.69) is 31.2 Å². The maximum atomic E-state index is 7.77. The number of nitrogens with one attached hydrogen (secondary N) is 1. The Morgan fingerprint density at radius 3 is 2.64 bits per heavy atom. The third-order valence-corrected chi connectivity index (χ3v) is 4.91. The molecular weight excluding hydrogens is 290 g/mol. The summed E-state index contributed by atoms with van der Waals surface area (Å²) in [5, 5.41) is 8.99. The molecule has 0 amide bonds. The van der Waals surface area contributed by atoms with E-state index in [4.69, 9.17) is 16.9 Å². The second-order valence-electron chi connectivity index (χ2n) is 5.42. The van der Waals surface area contributed by atoms with Gasteiger partial charge in [-0.2, -0.15) is 0 Å². The number of benzene rings is 2. The Bertz CT molecular complexity index is 816. The average molecular weight is 309 g/mol. The molecule has 0 aliphatic heterocycles. The molecule has 0 bridgehead atoms. The molecule has 0 aliphatic carbocycles. The topological polar surface area (TPSA) is 75.9 Å². The summed E-state index contributed by atoms with van der Waals surface area (Å²) in [5.41, 5.74) is 15.4. The highest BCUT2D eigenvalue weighted by atomic mass is 32.1. The number of anilines is 1. The van der Waals surface area contributed by atoms with Crippen LogP contribution in [0.3, 0.4) is 0 Å². The maximum absolute atomic E-state index is 7.77. The van der Waals surface area contributed by atoms with Crippen molar-refractivity contribution in [2.24, 2.45) is 5.73 Å². The Kier molecular flexibility index (Phi) is 3.86. The first-order valence-corrected chi connectivity index (χ1v) is 8.17. The molecule has 1 heterocycles. The SMILES string of the molecule is CCCc1cc(C(=N)N)c(N)c(-c2cc3ccccc3s2)c1. The Balaban J connectivity index is 2.21. The minimum atomic E-state index is 0.0258.